The first kappa shape index (κ1) is 6.41. The molecule has 0 aliphatic carbocycles. The van der Waals surface area contributed by atoms with Crippen LogP contribution >= 0.6 is 27.6 Å². The second kappa shape index (κ2) is 1.92. The number of nitrogens with one attached hydrogen (secondary N) is 1. The predicted octanol–water partition coefficient (Wildman–Crippen LogP) is 2.36. The molecule has 0 aliphatic heterocycles. The fraction of sp³-hybridized carbons (Fsp3) is 0. The molecule has 1 nitrogen and oxygen atoms in total. The second-order valence-corrected chi connectivity index (χ2v) is 20.3. The standard InChI is InChI=1S/3ClH.HN.Ta/h4*1H;/q;;;;+3/p-3. The van der Waals surface area contributed by atoms with Gasteiger partial charge in [0.2, 0.25) is 0 Å². The van der Waals surface area contributed by atoms with Crippen LogP contribution in [-0.2, 0) is 13.7 Å². The van der Waals surface area contributed by atoms with E-state index in [1.165, 1.54) is 0 Å². The van der Waals surface area contributed by atoms with Crippen LogP contribution in [0.3, 0.4) is 0 Å². The van der Waals surface area contributed by atoms with E-state index >= 15 is 0 Å². The molecule has 0 saturated heterocycles. The van der Waals surface area contributed by atoms with Gasteiger partial charge >= 0.3 is 45.0 Å². The van der Waals surface area contributed by atoms with Crippen molar-refractivity contribution in [1.29, 1.82) is 3.76 Å². The number of rotatable bonds is 0. The molecule has 0 unspecified atom stereocenters. The van der Waals surface area contributed by atoms with E-state index in [4.69, 9.17) is 31.3 Å². The molecule has 0 fully saturated rings. The van der Waals surface area contributed by atoms with E-state index in [0.717, 1.165) is 0 Å². The summed E-state index contributed by atoms with van der Waals surface area (Å²) in [4.78, 5) is 0. The van der Waals surface area contributed by atoms with Gasteiger partial charge in [-0.05, 0) is 0 Å². The zero-order valence-corrected chi connectivity index (χ0v) is 7.56. The molecule has 0 spiro atoms. The fourth-order valence-electron chi connectivity index (χ4n) is 0. The van der Waals surface area contributed by atoms with Crippen LogP contribution in [-0.4, -0.2) is 0 Å². The van der Waals surface area contributed by atoms with Gasteiger partial charge < -0.3 is 0 Å². The number of halogens is 3. The molecule has 0 radical (unpaired) electrons. The third-order valence-corrected chi connectivity index (χ3v) is 0. The summed E-state index contributed by atoms with van der Waals surface area (Å²) in [5.41, 5.74) is 0. The van der Waals surface area contributed by atoms with Crippen LogP contribution in [0.1, 0.15) is 0 Å². The van der Waals surface area contributed by atoms with E-state index in [2.05, 4.69) is 0 Å². The molecule has 0 amide bonds. The van der Waals surface area contributed by atoms with Crippen molar-refractivity contribution in [2.24, 2.45) is 0 Å². The molecule has 0 heterocycles. The van der Waals surface area contributed by atoms with E-state index in [9.17, 15) is 0 Å². The van der Waals surface area contributed by atoms with Crippen LogP contribution in [0.25, 0.3) is 0 Å². The molecule has 0 aliphatic rings. The molecule has 0 aromatic heterocycles. The van der Waals surface area contributed by atoms with Gasteiger partial charge in [0.05, 0.1) is 0 Å². The molecule has 0 saturated carbocycles. The molecular weight excluding hydrogens is 301 g/mol. The Morgan fingerprint density at radius 1 is 1.20 bits per heavy atom. The van der Waals surface area contributed by atoms with E-state index in [1.54, 1.807) is 0 Å². The SMILES string of the molecule is [NH]=[Ta]([Cl])([Cl])[Cl]. The Hall–Kier alpha value is 1.41. The number of hydrogen-bond acceptors (Lipinski definition) is 1. The third-order valence-electron chi connectivity index (χ3n) is 0. The zero-order valence-electron chi connectivity index (χ0n) is 2.08. The summed E-state index contributed by atoms with van der Waals surface area (Å²) in [5, 5.41) is 0. The van der Waals surface area contributed by atoms with Gasteiger partial charge in [-0.2, -0.15) is 0 Å². The van der Waals surface area contributed by atoms with Crippen molar-refractivity contribution in [3.05, 3.63) is 0 Å². The maximum atomic E-state index is 6.45. The van der Waals surface area contributed by atoms with Gasteiger partial charge in [-0.25, -0.2) is 0 Å². The first-order chi connectivity index (χ1) is 2.00. The molecule has 1 N–H and O–H groups in total. The zero-order chi connectivity index (χ0) is 4.50. The van der Waals surface area contributed by atoms with Crippen molar-refractivity contribution in [1.82, 2.24) is 0 Å². The van der Waals surface area contributed by atoms with E-state index in [-0.39, 0.29) is 0 Å². The average molecular weight is 302 g/mol. The molecule has 0 rings (SSSR count). The Labute approximate surface area is 44.9 Å². The molecule has 0 bridgehead atoms. The van der Waals surface area contributed by atoms with Gasteiger partial charge in [0.25, 0.3) is 0 Å². The van der Waals surface area contributed by atoms with Gasteiger partial charge in [-0.1, -0.05) is 0 Å². The summed E-state index contributed by atoms with van der Waals surface area (Å²) >= 11 is -3.56. The predicted molar refractivity (Wildman–Crippen MR) is 20.3 cm³/mol. The number of hydrogen-bond donors (Lipinski definition) is 1. The molecule has 5 heteroatoms. The van der Waals surface area contributed by atoms with Crippen LogP contribution in [0.5, 0.6) is 0 Å². The van der Waals surface area contributed by atoms with Crippen LogP contribution in [0.15, 0.2) is 0 Å². The maximum absolute atomic E-state index is 6.45. The van der Waals surface area contributed by atoms with E-state index in [0.29, 0.717) is 0 Å². The third kappa shape index (κ3) is 31.6. The molecule has 32 valence electrons. The monoisotopic (exact) mass is 301 g/mol. The van der Waals surface area contributed by atoms with Crippen molar-refractivity contribution in [3.63, 3.8) is 0 Å². The topological polar surface area (TPSA) is 23.9 Å². The summed E-state index contributed by atoms with van der Waals surface area (Å²) in [5.74, 6) is 0. The Kier molecular flexibility index (Phi) is 2.46. The minimum absolute atomic E-state index is 3.56. The fourth-order valence-corrected chi connectivity index (χ4v) is 0. The summed E-state index contributed by atoms with van der Waals surface area (Å²) in [6.07, 6.45) is 0. The van der Waals surface area contributed by atoms with Crippen LogP contribution in [0.4, 0.5) is 0 Å². The summed E-state index contributed by atoms with van der Waals surface area (Å²) in [6.45, 7) is 0. The molecule has 0 aromatic rings. The van der Waals surface area contributed by atoms with Crippen molar-refractivity contribution < 1.29 is 13.7 Å². The molecule has 0 aromatic carbocycles. The summed E-state index contributed by atoms with van der Waals surface area (Å²) in [6, 6.07) is 0. The van der Waals surface area contributed by atoms with Gasteiger partial charge in [0.15, 0.2) is 0 Å². The van der Waals surface area contributed by atoms with Crippen LogP contribution in [0.2, 0.25) is 0 Å². The molecule has 0 atom stereocenters. The van der Waals surface area contributed by atoms with Crippen molar-refractivity contribution in [2.75, 3.05) is 0 Å². The first-order valence-corrected chi connectivity index (χ1v) is 14.3. The average Bonchev–Trinajstić information content (AvgIpc) is 0.722. The molecular formula is HCl3NTa. The van der Waals surface area contributed by atoms with Crippen molar-refractivity contribution >= 4 is 27.6 Å². The van der Waals surface area contributed by atoms with Crippen molar-refractivity contribution in [3.8, 4) is 0 Å². The molecule has 5 heavy (non-hydrogen) atoms. The van der Waals surface area contributed by atoms with Gasteiger partial charge in [0, 0.05) is 0 Å². The van der Waals surface area contributed by atoms with Gasteiger partial charge in [0.1, 0.15) is 0 Å². The van der Waals surface area contributed by atoms with Gasteiger partial charge in [-0.15, -0.1) is 0 Å². The Bertz CT molecular complexity index is 53.0. The van der Waals surface area contributed by atoms with Crippen molar-refractivity contribution in [2.45, 2.75) is 0 Å². The quantitative estimate of drug-likeness (QED) is 0.710. The Morgan fingerprint density at radius 2 is 1.20 bits per heavy atom. The minimum atomic E-state index is -3.56. The van der Waals surface area contributed by atoms with Crippen LogP contribution < -0.4 is 0 Å². The van der Waals surface area contributed by atoms with E-state index < -0.39 is 13.7 Å². The Balaban J connectivity index is 3.47. The van der Waals surface area contributed by atoms with Gasteiger partial charge in [-0.3, -0.25) is 0 Å². The second-order valence-electron chi connectivity index (χ2n) is 0.445. The van der Waals surface area contributed by atoms with E-state index in [1.807, 2.05) is 0 Å². The summed E-state index contributed by atoms with van der Waals surface area (Å²) < 4.78 is 6.45. The summed E-state index contributed by atoms with van der Waals surface area (Å²) in [7, 11) is 14.8. The Morgan fingerprint density at radius 3 is 1.20 bits per heavy atom. The first-order valence-electron chi connectivity index (χ1n) is 0.731. The van der Waals surface area contributed by atoms with Crippen LogP contribution in [0, 0.1) is 3.76 Å². The normalized spacial score (nSPS) is 11.8.